The lowest BCUT2D eigenvalue weighted by Gasteiger charge is -2.50. The van der Waals surface area contributed by atoms with E-state index in [1.165, 1.54) is 5.56 Å². The summed E-state index contributed by atoms with van der Waals surface area (Å²) < 4.78 is 0. The zero-order valence-electron chi connectivity index (χ0n) is 12.5. The van der Waals surface area contributed by atoms with E-state index in [1.54, 1.807) is 12.1 Å². The summed E-state index contributed by atoms with van der Waals surface area (Å²) in [7, 11) is 0. The second-order valence-corrected chi connectivity index (χ2v) is 7.47. The van der Waals surface area contributed by atoms with Crippen molar-refractivity contribution in [2.75, 3.05) is 0 Å². The molecule has 0 saturated heterocycles. The molecule has 3 aliphatic carbocycles. The van der Waals surface area contributed by atoms with Gasteiger partial charge in [-0.05, 0) is 73.0 Å². The minimum Gasteiger partial charge on any atom is -0.508 e. The zero-order chi connectivity index (χ0) is 14.8. The predicted molar refractivity (Wildman–Crippen MR) is 81.9 cm³/mol. The SMILES string of the molecule is CC12CCC3c4ccc(O)cc4C(=N)CC3C1CCC2O. The van der Waals surface area contributed by atoms with E-state index in [0.29, 0.717) is 23.5 Å². The third-order valence-corrected chi connectivity index (χ3v) is 6.59. The molecule has 0 aromatic heterocycles. The van der Waals surface area contributed by atoms with Crippen LogP contribution in [-0.2, 0) is 0 Å². The third kappa shape index (κ3) is 1.73. The fourth-order valence-corrected chi connectivity index (χ4v) is 5.41. The number of aromatic hydroxyl groups is 1. The summed E-state index contributed by atoms with van der Waals surface area (Å²) >= 11 is 0. The molecule has 3 aliphatic rings. The molecule has 0 heterocycles. The standard InChI is InChI=1S/C18H23NO2/c1-18-7-6-12-11-3-2-10(20)8-14(11)16(19)9-13(12)15(18)4-5-17(18)21/h2-3,8,12-13,15,17,19-21H,4-7,9H2,1H3. The molecule has 112 valence electrons. The highest BCUT2D eigenvalue weighted by Gasteiger charge is 2.54. The van der Waals surface area contributed by atoms with Crippen molar-refractivity contribution in [3.05, 3.63) is 29.3 Å². The monoisotopic (exact) mass is 285 g/mol. The Morgan fingerprint density at radius 2 is 2.05 bits per heavy atom. The van der Waals surface area contributed by atoms with Crippen LogP contribution in [0, 0.1) is 22.7 Å². The van der Waals surface area contributed by atoms with Gasteiger partial charge in [-0.1, -0.05) is 13.0 Å². The Bertz CT molecular complexity index is 611. The van der Waals surface area contributed by atoms with Gasteiger partial charge in [-0.3, -0.25) is 0 Å². The van der Waals surface area contributed by atoms with Gasteiger partial charge in [0.05, 0.1) is 6.10 Å². The van der Waals surface area contributed by atoms with Crippen molar-refractivity contribution in [3.8, 4) is 5.75 Å². The van der Waals surface area contributed by atoms with Crippen LogP contribution in [0.5, 0.6) is 5.75 Å². The number of rotatable bonds is 0. The van der Waals surface area contributed by atoms with Crippen molar-refractivity contribution in [2.24, 2.45) is 17.3 Å². The molecule has 3 nitrogen and oxygen atoms in total. The Hall–Kier alpha value is -1.35. The Labute approximate surface area is 125 Å². The first kappa shape index (κ1) is 13.3. The van der Waals surface area contributed by atoms with Crippen LogP contribution in [0.1, 0.15) is 56.1 Å². The van der Waals surface area contributed by atoms with Crippen LogP contribution in [0.2, 0.25) is 0 Å². The van der Waals surface area contributed by atoms with Crippen molar-refractivity contribution < 1.29 is 10.2 Å². The molecule has 1 aromatic rings. The second-order valence-electron chi connectivity index (χ2n) is 7.47. The van der Waals surface area contributed by atoms with Gasteiger partial charge in [0.15, 0.2) is 0 Å². The normalized spacial score (nSPS) is 41.3. The molecule has 0 spiro atoms. The first-order chi connectivity index (χ1) is 10.0. The number of aliphatic hydroxyl groups excluding tert-OH is 1. The Morgan fingerprint density at radius 3 is 2.86 bits per heavy atom. The lowest BCUT2D eigenvalue weighted by Crippen LogP contribution is -2.44. The highest BCUT2D eigenvalue weighted by Crippen LogP contribution is 2.60. The lowest BCUT2D eigenvalue weighted by atomic mass is 9.55. The lowest BCUT2D eigenvalue weighted by molar-refractivity contribution is -0.0177. The molecular weight excluding hydrogens is 262 g/mol. The highest BCUT2D eigenvalue weighted by molar-refractivity contribution is 6.01. The Kier molecular flexibility index (Phi) is 2.74. The fourth-order valence-electron chi connectivity index (χ4n) is 5.41. The van der Waals surface area contributed by atoms with Gasteiger partial charge in [0.25, 0.3) is 0 Å². The molecule has 3 N–H and O–H groups in total. The van der Waals surface area contributed by atoms with Gasteiger partial charge in [0, 0.05) is 11.3 Å². The number of phenols is 1. The van der Waals surface area contributed by atoms with Crippen molar-refractivity contribution >= 4 is 5.71 Å². The van der Waals surface area contributed by atoms with E-state index in [1.807, 2.05) is 6.07 Å². The van der Waals surface area contributed by atoms with E-state index in [-0.39, 0.29) is 17.3 Å². The maximum Gasteiger partial charge on any atom is 0.116 e. The molecule has 2 fully saturated rings. The van der Waals surface area contributed by atoms with Crippen LogP contribution >= 0.6 is 0 Å². The van der Waals surface area contributed by atoms with Crippen LogP contribution in [0.3, 0.4) is 0 Å². The number of phenolic OH excluding ortho intramolecular Hbond substituents is 1. The van der Waals surface area contributed by atoms with Gasteiger partial charge in [0.2, 0.25) is 0 Å². The van der Waals surface area contributed by atoms with E-state index >= 15 is 0 Å². The summed E-state index contributed by atoms with van der Waals surface area (Å²) in [5.74, 6) is 1.78. The van der Waals surface area contributed by atoms with Crippen LogP contribution in [0.4, 0.5) is 0 Å². The van der Waals surface area contributed by atoms with Crippen LogP contribution in [0.15, 0.2) is 18.2 Å². The molecule has 0 radical (unpaired) electrons. The number of hydrogen-bond donors (Lipinski definition) is 3. The number of nitrogens with one attached hydrogen (secondary N) is 1. The van der Waals surface area contributed by atoms with Crippen LogP contribution in [-0.4, -0.2) is 22.0 Å². The van der Waals surface area contributed by atoms with Gasteiger partial charge < -0.3 is 15.6 Å². The van der Waals surface area contributed by atoms with E-state index in [2.05, 4.69) is 6.92 Å². The summed E-state index contributed by atoms with van der Waals surface area (Å²) in [5.41, 5.74) is 2.90. The van der Waals surface area contributed by atoms with E-state index < -0.39 is 0 Å². The molecule has 1 aromatic carbocycles. The van der Waals surface area contributed by atoms with Crippen LogP contribution < -0.4 is 0 Å². The number of benzene rings is 1. The number of hydrogen-bond acceptors (Lipinski definition) is 3. The third-order valence-electron chi connectivity index (χ3n) is 6.59. The summed E-state index contributed by atoms with van der Waals surface area (Å²) in [6, 6.07) is 5.53. The predicted octanol–water partition coefficient (Wildman–Crippen LogP) is 3.43. The van der Waals surface area contributed by atoms with Crippen molar-refractivity contribution in [2.45, 2.75) is 51.0 Å². The minimum absolute atomic E-state index is 0.0515. The molecule has 5 atom stereocenters. The molecule has 4 rings (SSSR count). The van der Waals surface area contributed by atoms with Gasteiger partial charge in [-0.15, -0.1) is 0 Å². The van der Waals surface area contributed by atoms with Gasteiger partial charge in [-0.25, -0.2) is 0 Å². The number of fused-ring (bicyclic) bond motifs is 5. The van der Waals surface area contributed by atoms with Gasteiger partial charge >= 0.3 is 0 Å². The first-order valence-corrected chi connectivity index (χ1v) is 8.09. The smallest absolute Gasteiger partial charge is 0.116 e. The molecule has 21 heavy (non-hydrogen) atoms. The van der Waals surface area contributed by atoms with Gasteiger partial charge in [0.1, 0.15) is 5.75 Å². The van der Waals surface area contributed by atoms with Gasteiger partial charge in [-0.2, -0.15) is 0 Å². The quantitative estimate of drug-likeness (QED) is 0.683. The average molecular weight is 285 g/mol. The van der Waals surface area contributed by atoms with Crippen LogP contribution in [0.25, 0.3) is 0 Å². The zero-order valence-corrected chi connectivity index (χ0v) is 12.5. The molecular formula is C18H23NO2. The molecule has 2 saturated carbocycles. The number of aliphatic hydroxyl groups is 1. The molecule has 0 bridgehead atoms. The largest absolute Gasteiger partial charge is 0.508 e. The van der Waals surface area contributed by atoms with E-state index in [4.69, 9.17) is 5.41 Å². The topological polar surface area (TPSA) is 64.3 Å². The van der Waals surface area contributed by atoms with Crippen molar-refractivity contribution in [3.63, 3.8) is 0 Å². The summed E-state index contributed by atoms with van der Waals surface area (Å²) in [6.45, 7) is 2.25. The minimum atomic E-state index is -0.168. The summed E-state index contributed by atoms with van der Waals surface area (Å²) in [6.07, 6.45) is 4.82. The average Bonchev–Trinajstić information content (AvgIpc) is 2.76. The molecule has 0 aliphatic heterocycles. The Balaban J connectivity index is 1.77. The maximum atomic E-state index is 10.4. The molecule has 0 amide bonds. The summed E-state index contributed by atoms with van der Waals surface area (Å²) in [5, 5.41) is 28.5. The van der Waals surface area contributed by atoms with E-state index in [0.717, 1.165) is 37.7 Å². The Morgan fingerprint density at radius 1 is 1.24 bits per heavy atom. The molecule has 3 heteroatoms. The molecule has 5 unspecified atom stereocenters. The van der Waals surface area contributed by atoms with Crippen molar-refractivity contribution in [1.82, 2.24) is 0 Å². The maximum absolute atomic E-state index is 10.4. The second kappa shape index (κ2) is 4.33. The first-order valence-electron chi connectivity index (χ1n) is 8.09. The van der Waals surface area contributed by atoms with Crippen molar-refractivity contribution in [1.29, 1.82) is 5.41 Å². The fraction of sp³-hybridized carbons (Fsp3) is 0.611. The summed E-state index contributed by atoms with van der Waals surface area (Å²) in [4.78, 5) is 0. The van der Waals surface area contributed by atoms with E-state index in [9.17, 15) is 10.2 Å². The highest BCUT2D eigenvalue weighted by atomic mass is 16.3.